The Kier molecular flexibility index (Phi) is 5.40. The number of nitrogens with zero attached hydrogens (tertiary/aromatic N) is 1. The molecule has 2 heterocycles. The number of amides is 1. The van der Waals surface area contributed by atoms with Crippen molar-refractivity contribution < 1.29 is 19.1 Å². The number of Topliss-reactive ketones (excluding diaryl/α,β-unsaturated/α-hetero) is 1. The largest absolute Gasteiger partial charge is 0.457 e. The highest BCUT2D eigenvalue weighted by Crippen LogP contribution is 2.29. The third-order valence-corrected chi connectivity index (χ3v) is 5.76. The van der Waals surface area contributed by atoms with Crippen LogP contribution in [0, 0.1) is 12.8 Å². The number of likely N-dealkylation sites (tertiary alicyclic amines) is 1. The highest BCUT2D eigenvalue weighted by atomic mass is 16.5. The van der Waals surface area contributed by atoms with Gasteiger partial charge in [-0.25, -0.2) is 0 Å². The van der Waals surface area contributed by atoms with Crippen molar-refractivity contribution in [2.45, 2.75) is 26.3 Å². The van der Waals surface area contributed by atoms with Gasteiger partial charge in [0.15, 0.2) is 6.61 Å². The molecule has 0 bridgehead atoms. The van der Waals surface area contributed by atoms with Crippen LogP contribution < -0.4 is 0 Å². The van der Waals surface area contributed by atoms with E-state index >= 15 is 0 Å². The van der Waals surface area contributed by atoms with E-state index in [2.05, 4.69) is 4.98 Å². The van der Waals surface area contributed by atoms with Crippen LogP contribution in [0.1, 0.15) is 41.0 Å². The molecule has 1 aliphatic rings. The molecular weight excluding hydrogens is 380 g/mol. The molecule has 1 amide bonds. The first kappa shape index (κ1) is 19.9. The van der Waals surface area contributed by atoms with Crippen LogP contribution in [0.15, 0.2) is 54.6 Å². The fraction of sp³-hybridized carbons (Fsp3) is 0.292. The molecule has 1 fully saturated rings. The van der Waals surface area contributed by atoms with Gasteiger partial charge in [0.05, 0.1) is 12.0 Å². The van der Waals surface area contributed by atoms with Crippen LogP contribution in [0.25, 0.3) is 10.9 Å². The zero-order valence-electron chi connectivity index (χ0n) is 17.1. The summed E-state index contributed by atoms with van der Waals surface area (Å²) in [7, 11) is 0. The smallest absolute Gasteiger partial charge is 0.311 e. The van der Waals surface area contributed by atoms with Crippen molar-refractivity contribution in [3.8, 4) is 0 Å². The number of hydrogen-bond acceptors (Lipinski definition) is 4. The van der Waals surface area contributed by atoms with Crippen molar-refractivity contribution in [2.75, 3.05) is 13.2 Å². The molecule has 0 spiro atoms. The van der Waals surface area contributed by atoms with E-state index in [1.807, 2.05) is 68.4 Å². The second kappa shape index (κ2) is 8.14. The number of ketones is 1. The average molecular weight is 404 g/mol. The normalized spacial score (nSPS) is 17.3. The van der Waals surface area contributed by atoms with E-state index in [0.717, 1.165) is 22.2 Å². The Morgan fingerprint density at radius 2 is 1.83 bits per heavy atom. The minimum atomic E-state index is -0.555. The van der Waals surface area contributed by atoms with E-state index in [9.17, 15) is 14.4 Å². The van der Waals surface area contributed by atoms with Crippen LogP contribution in [0.2, 0.25) is 0 Å². The Balaban J connectivity index is 1.39. The van der Waals surface area contributed by atoms with Gasteiger partial charge in [0.2, 0.25) is 11.7 Å². The molecule has 0 saturated carbocycles. The van der Waals surface area contributed by atoms with E-state index in [0.29, 0.717) is 12.1 Å². The predicted molar refractivity (Wildman–Crippen MR) is 113 cm³/mol. The number of benzene rings is 2. The van der Waals surface area contributed by atoms with E-state index < -0.39 is 11.9 Å². The summed E-state index contributed by atoms with van der Waals surface area (Å²) >= 11 is 0. The molecule has 0 unspecified atom stereocenters. The van der Waals surface area contributed by atoms with Crippen LogP contribution in [0.4, 0.5) is 0 Å². The number of carbonyl (C=O) groups is 3. The first-order valence-corrected chi connectivity index (χ1v) is 10.1. The Morgan fingerprint density at radius 1 is 1.13 bits per heavy atom. The van der Waals surface area contributed by atoms with Crippen LogP contribution in [0.5, 0.6) is 0 Å². The molecule has 0 aliphatic carbocycles. The third-order valence-electron chi connectivity index (χ3n) is 5.76. The first-order chi connectivity index (χ1) is 14.5. The fourth-order valence-corrected chi connectivity index (χ4v) is 4.14. The van der Waals surface area contributed by atoms with Crippen molar-refractivity contribution in [3.63, 3.8) is 0 Å². The lowest BCUT2D eigenvalue weighted by Crippen LogP contribution is -2.30. The molecule has 154 valence electrons. The van der Waals surface area contributed by atoms with Gasteiger partial charge in [-0.1, -0.05) is 48.5 Å². The van der Waals surface area contributed by atoms with Crippen molar-refractivity contribution in [2.24, 2.45) is 5.92 Å². The summed E-state index contributed by atoms with van der Waals surface area (Å²) in [6.07, 6.45) is 0.107. The van der Waals surface area contributed by atoms with Gasteiger partial charge in [0, 0.05) is 35.1 Å². The molecule has 3 aromatic rings. The highest BCUT2D eigenvalue weighted by molar-refractivity contribution is 6.10. The zero-order valence-corrected chi connectivity index (χ0v) is 17.1. The lowest BCUT2D eigenvalue weighted by molar-refractivity contribution is -0.147. The van der Waals surface area contributed by atoms with Crippen molar-refractivity contribution in [3.05, 3.63) is 71.4 Å². The number of aryl methyl sites for hydroxylation is 1. The molecule has 4 rings (SSSR count). The van der Waals surface area contributed by atoms with Gasteiger partial charge in [0.1, 0.15) is 0 Å². The van der Waals surface area contributed by atoms with Crippen molar-refractivity contribution in [1.82, 2.24) is 9.88 Å². The number of carbonyl (C=O) groups excluding carboxylic acids is 3. The number of ether oxygens (including phenoxy) is 1. The van der Waals surface area contributed by atoms with Gasteiger partial charge in [-0.2, -0.15) is 0 Å². The van der Waals surface area contributed by atoms with Gasteiger partial charge in [-0.15, -0.1) is 0 Å². The third kappa shape index (κ3) is 3.73. The summed E-state index contributed by atoms with van der Waals surface area (Å²) in [4.78, 5) is 42.6. The monoisotopic (exact) mass is 404 g/mol. The average Bonchev–Trinajstić information content (AvgIpc) is 3.31. The topological polar surface area (TPSA) is 79.5 Å². The molecule has 1 aliphatic heterocycles. The zero-order chi connectivity index (χ0) is 21.3. The maximum absolute atomic E-state index is 12.7. The predicted octanol–water partition coefficient (Wildman–Crippen LogP) is 3.81. The van der Waals surface area contributed by atoms with E-state index in [4.69, 9.17) is 4.74 Å². The van der Waals surface area contributed by atoms with Crippen molar-refractivity contribution >= 4 is 28.6 Å². The molecule has 2 atom stereocenters. The molecule has 30 heavy (non-hydrogen) atoms. The summed E-state index contributed by atoms with van der Waals surface area (Å²) < 4.78 is 5.32. The van der Waals surface area contributed by atoms with E-state index in [1.54, 1.807) is 4.90 Å². The number of esters is 1. The SMILES string of the molecule is Cc1[nH]c2ccccc2c1C(=O)COC(=O)[C@H]1CC(=O)N([C@@H](C)c2ccccc2)C1. The van der Waals surface area contributed by atoms with Crippen molar-refractivity contribution in [1.29, 1.82) is 0 Å². The van der Waals surface area contributed by atoms with E-state index in [1.165, 1.54) is 0 Å². The van der Waals surface area contributed by atoms with Gasteiger partial charge >= 0.3 is 5.97 Å². The number of para-hydroxylation sites is 1. The second-order valence-corrected chi connectivity index (χ2v) is 7.74. The number of nitrogens with one attached hydrogen (secondary N) is 1. The van der Waals surface area contributed by atoms with E-state index in [-0.39, 0.29) is 30.8 Å². The summed E-state index contributed by atoms with van der Waals surface area (Å²) in [5.74, 6) is -1.39. The highest BCUT2D eigenvalue weighted by Gasteiger charge is 2.38. The lowest BCUT2D eigenvalue weighted by atomic mass is 10.1. The van der Waals surface area contributed by atoms with Crippen LogP contribution >= 0.6 is 0 Å². The minimum Gasteiger partial charge on any atom is -0.457 e. The number of hydrogen-bond donors (Lipinski definition) is 1. The maximum atomic E-state index is 12.7. The Bertz CT molecular complexity index is 1100. The molecular formula is C24H24N2O4. The Labute approximate surface area is 174 Å². The summed E-state index contributed by atoms with van der Waals surface area (Å²) in [6.45, 7) is 3.74. The van der Waals surface area contributed by atoms with Crippen LogP contribution in [0.3, 0.4) is 0 Å². The Hall–Kier alpha value is -3.41. The molecule has 1 saturated heterocycles. The minimum absolute atomic E-state index is 0.0768. The number of rotatable bonds is 6. The van der Waals surface area contributed by atoms with Gasteiger partial charge in [0.25, 0.3) is 0 Å². The van der Waals surface area contributed by atoms with Crippen LogP contribution in [-0.2, 0) is 14.3 Å². The number of fused-ring (bicyclic) bond motifs is 1. The summed E-state index contributed by atoms with van der Waals surface area (Å²) in [5.41, 5.74) is 3.18. The first-order valence-electron chi connectivity index (χ1n) is 10.1. The standard InChI is InChI=1S/C24H24N2O4/c1-15-23(19-10-6-7-11-20(19)25-15)21(27)14-30-24(29)18-12-22(28)26(13-18)16(2)17-8-4-3-5-9-17/h3-11,16,18,25H,12-14H2,1-2H3/t16-,18-/m0/s1. The fourth-order valence-electron chi connectivity index (χ4n) is 4.14. The number of aromatic amines is 1. The lowest BCUT2D eigenvalue weighted by Gasteiger charge is -2.25. The maximum Gasteiger partial charge on any atom is 0.311 e. The molecule has 1 N–H and O–H groups in total. The van der Waals surface area contributed by atoms with Gasteiger partial charge in [-0.05, 0) is 25.5 Å². The molecule has 0 radical (unpaired) electrons. The Morgan fingerprint density at radius 3 is 2.60 bits per heavy atom. The van der Waals surface area contributed by atoms with Crippen LogP contribution in [-0.4, -0.2) is 40.7 Å². The summed E-state index contributed by atoms with van der Waals surface area (Å²) in [5, 5.41) is 0.815. The molecule has 1 aromatic heterocycles. The number of H-pyrrole nitrogens is 1. The molecule has 2 aromatic carbocycles. The molecule has 6 heteroatoms. The van der Waals surface area contributed by atoms with Gasteiger partial charge in [-0.3, -0.25) is 14.4 Å². The second-order valence-electron chi connectivity index (χ2n) is 7.74. The number of aromatic nitrogens is 1. The van der Waals surface area contributed by atoms with Gasteiger partial charge < -0.3 is 14.6 Å². The molecule has 6 nitrogen and oxygen atoms in total. The quantitative estimate of drug-likeness (QED) is 0.500. The summed E-state index contributed by atoms with van der Waals surface area (Å²) in [6, 6.07) is 17.1.